The highest BCUT2D eigenvalue weighted by Gasteiger charge is 2.16. The Bertz CT molecular complexity index is 703. The van der Waals surface area contributed by atoms with Crippen molar-refractivity contribution in [2.75, 3.05) is 0 Å². The molecule has 0 atom stereocenters. The third kappa shape index (κ3) is 3.42. The van der Waals surface area contributed by atoms with Crippen LogP contribution in [-0.2, 0) is 26.4 Å². The molecule has 0 amide bonds. The van der Waals surface area contributed by atoms with Gasteiger partial charge in [-0.25, -0.2) is 0 Å². The van der Waals surface area contributed by atoms with Crippen molar-refractivity contribution in [1.82, 2.24) is 9.97 Å². The van der Waals surface area contributed by atoms with Crippen molar-refractivity contribution >= 4 is 0 Å². The number of aromatic nitrogens is 2. The Hall–Kier alpha value is -2.22. The average Bonchev–Trinajstić information content (AvgIpc) is 2.56. The van der Waals surface area contributed by atoms with Crippen LogP contribution in [0.15, 0.2) is 12.4 Å². The third-order valence-corrected chi connectivity index (χ3v) is 3.69. The van der Waals surface area contributed by atoms with Crippen LogP contribution < -0.4 is 4.74 Å². The molecule has 23 heavy (non-hydrogen) atoms. The molecule has 0 aliphatic heterocycles. The maximum Gasteiger partial charge on any atom is 0.146 e. The SMILES string of the molecule is Cc1ncc(COc2c(C)ncc(CO)c2CO)c(CO)c1O. The van der Waals surface area contributed by atoms with Gasteiger partial charge in [0.2, 0.25) is 0 Å². The summed E-state index contributed by atoms with van der Waals surface area (Å²) in [5, 5.41) is 38.2. The van der Waals surface area contributed by atoms with E-state index in [9.17, 15) is 20.4 Å². The molecule has 0 radical (unpaired) electrons. The number of rotatable bonds is 6. The number of aryl methyl sites for hydroxylation is 2. The number of aromatic hydroxyl groups is 1. The van der Waals surface area contributed by atoms with Gasteiger partial charge in [0, 0.05) is 34.6 Å². The predicted molar refractivity (Wildman–Crippen MR) is 81.7 cm³/mol. The molecule has 0 saturated carbocycles. The predicted octanol–water partition coefficient (Wildman–Crippen LogP) is 0.855. The molecule has 0 aromatic carbocycles. The van der Waals surface area contributed by atoms with Gasteiger partial charge >= 0.3 is 0 Å². The number of hydrogen-bond donors (Lipinski definition) is 4. The molecule has 7 heteroatoms. The van der Waals surface area contributed by atoms with Crippen LogP contribution in [0.5, 0.6) is 11.5 Å². The lowest BCUT2D eigenvalue weighted by atomic mass is 10.1. The van der Waals surface area contributed by atoms with Gasteiger partial charge in [-0.3, -0.25) is 9.97 Å². The van der Waals surface area contributed by atoms with Crippen molar-refractivity contribution < 1.29 is 25.2 Å². The highest BCUT2D eigenvalue weighted by Crippen LogP contribution is 2.28. The first-order valence-corrected chi connectivity index (χ1v) is 7.12. The first-order chi connectivity index (χ1) is 11.0. The van der Waals surface area contributed by atoms with Crippen LogP contribution in [0.2, 0.25) is 0 Å². The fourth-order valence-electron chi connectivity index (χ4n) is 2.31. The first kappa shape index (κ1) is 17.1. The fourth-order valence-corrected chi connectivity index (χ4v) is 2.31. The number of ether oxygens (including phenoxy) is 1. The van der Waals surface area contributed by atoms with Crippen molar-refractivity contribution in [2.24, 2.45) is 0 Å². The van der Waals surface area contributed by atoms with E-state index in [1.54, 1.807) is 13.8 Å². The normalized spacial score (nSPS) is 10.8. The van der Waals surface area contributed by atoms with Crippen LogP contribution in [0, 0.1) is 13.8 Å². The van der Waals surface area contributed by atoms with Crippen molar-refractivity contribution in [3.05, 3.63) is 46.0 Å². The molecule has 2 aromatic heterocycles. The molecule has 2 aromatic rings. The Morgan fingerprint density at radius 1 is 0.870 bits per heavy atom. The zero-order chi connectivity index (χ0) is 17.0. The lowest BCUT2D eigenvalue weighted by Gasteiger charge is -2.16. The van der Waals surface area contributed by atoms with Gasteiger partial charge in [0.1, 0.15) is 18.1 Å². The summed E-state index contributed by atoms with van der Waals surface area (Å²) in [5.41, 5.74) is 2.84. The van der Waals surface area contributed by atoms with E-state index >= 15 is 0 Å². The molecule has 0 unspecified atom stereocenters. The molecule has 0 aliphatic carbocycles. The molecular weight excluding hydrogens is 300 g/mol. The number of hydrogen-bond acceptors (Lipinski definition) is 7. The second kappa shape index (κ2) is 7.36. The lowest BCUT2D eigenvalue weighted by Crippen LogP contribution is -2.08. The molecule has 0 aliphatic rings. The van der Waals surface area contributed by atoms with E-state index in [0.29, 0.717) is 39.4 Å². The second-order valence-electron chi connectivity index (χ2n) is 5.14. The largest absolute Gasteiger partial charge is 0.506 e. The molecule has 2 heterocycles. The van der Waals surface area contributed by atoms with Gasteiger partial charge in [-0.05, 0) is 13.8 Å². The number of pyridine rings is 2. The average molecular weight is 320 g/mol. The monoisotopic (exact) mass is 320 g/mol. The summed E-state index contributed by atoms with van der Waals surface area (Å²) < 4.78 is 5.73. The van der Waals surface area contributed by atoms with Crippen LogP contribution in [0.1, 0.15) is 33.6 Å². The summed E-state index contributed by atoms with van der Waals surface area (Å²) in [5.74, 6) is 0.318. The van der Waals surface area contributed by atoms with E-state index in [2.05, 4.69) is 9.97 Å². The van der Waals surface area contributed by atoms with Gasteiger partial charge in [0.05, 0.1) is 31.2 Å². The van der Waals surface area contributed by atoms with E-state index in [-0.39, 0.29) is 32.2 Å². The van der Waals surface area contributed by atoms with Crippen LogP contribution in [0.25, 0.3) is 0 Å². The summed E-state index contributed by atoms with van der Waals surface area (Å²) in [7, 11) is 0. The third-order valence-electron chi connectivity index (χ3n) is 3.69. The smallest absolute Gasteiger partial charge is 0.146 e. The summed E-state index contributed by atoms with van der Waals surface area (Å²) >= 11 is 0. The standard InChI is InChI=1S/C16H20N2O5/c1-9-15(22)13(6-20)12(4-17-9)8-23-16-10(2)18-3-11(5-19)14(16)7-21/h3-4,19-22H,5-8H2,1-2H3. The molecule has 4 N–H and O–H groups in total. The van der Waals surface area contributed by atoms with Crippen molar-refractivity contribution in [3.8, 4) is 11.5 Å². The first-order valence-electron chi connectivity index (χ1n) is 7.12. The Balaban J connectivity index is 2.34. The van der Waals surface area contributed by atoms with E-state index in [4.69, 9.17) is 4.74 Å². The molecule has 0 saturated heterocycles. The summed E-state index contributed by atoms with van der Waals surface area (Å²) in [4.78, 5) is 8.19. The van der Waals surface area contributed by atoms with Crippen LogP contribution in [0.4, 0.5) is 0 Å². The van der Waals surface area contributed by atoms with Gasteiger partial charge in [-0.15, -0.1) is 0 Å². The maximum atomic E-state index is 9.95. The fraction of sp³-hybridized carbons (Fsp3) is 0.375. The maximum absolute atomic E-state index is 9.95. The second-order valence-corrected chi connectivity index (χ2v) is 5.14. The highest BCUT2D eigenvalue weighted by atomic mass is 16.5. The Labute approximate surface area is 133 Å². The number of aliphatic hydroxyl groups is 3. The zero-order valence-electron chi connectivity index (χ0n) is 13.1. The molecule has 0 fully saturated rings. The number of aliphatic hydroxyl groups excluding tert-OH is 3. The summed E-state index contributed by atoms with van der Waals surface area (Å²) in [6, 6.07) is 0. The molecular formula is C16H20N2O5. The van der Waals surface area contributed by atoms with Crippen LogP contribution >= 0.6 is 0 Å². The molecule has 0 spiro atoms. The Morgan fingerprint density at radius 3 is 2.09 bits per heavy atom. The minimum absolute atomic E-state index is 0.0428. The number of nitrogens with zero attached hydrogens (tertiary/aromatic N) is 2. The molecule has 124 valence electrons. The molecule has 0 bridgehead atoms. The van der Waals surface area contributed by atoms with E-state index < -0.39 is 0 Å². The van der Waals surface area contributed by atoms with Gasteiger partial charge in [-0.2, -0.15) is 0 Å². The molecule has 7 nitrogen and oxygen atoms in total. The van der Waals surface area contributed by atoms with E-state index in [0.717, 1.165) is 0 Å². The Morgan fingerprint density at radius 2 is 1.48 bits per heavy atom. The molecule has 2 rings (SSSR count). The van der Waals surface area contributed by atoms with E-state index in [1.807, 2.05) is 0 Å². The highest BCUT2D eigenvalue weighted by molar-refractivity contribution is 5.43. The van der Waals surface area contributed by atoms with Crippen molar-refractivity contribution in [1.29, 1.82) is 0 Å². The van der Waals surface area contributed by atoms with Crippen LogP contribution in [0.3, 0.4) is 0 Å². The van der Waals surface area contributed by atoms with Gasteiger partial charge < -0.3 is 25.2 Å². The minimum Gasteiger partial charge on any atom is -0.506 e. The van der Waals surface area contributed by atoms with Crippen molar-refractivity contribution in [2.45, 2.75) is 40.3 Å². The lowest BCUT2D eigenvalue weighted by molar-refractivity contribution is 0.238. The van der Waals surface area contributed by atoms with Crippen molar-refractivity contribution in [3.63, 3.8) is 0 Å². The summed E-state index contributed by atoms with van der Waals surface area (Å²) in [6.45, 7) is 2.53. The summed E-state index contributed by atoms with van der Waals surface area (Å²) in [6.07, 6.45) is 3.02. The minimum atomic E-state index is -0.339. The Kier molecular flexibility index (Phi) is 5.49. The van der Waals surface area contributed by atoms with Crippen LogP contribution in [-0.4, -0.2) is 30.4 Å². The quantitative estimate of drug-likeness (QED) is 0.623. The van der Waals surface area contributed by atoms with Gasteiger partial charge in [0.15, 0.2) is 0 Å². The topological polar surface area (TPSA) is 116 Å². The van der Waals surface area contributed by atoms with E-state index in [1.165, 1.54) is 12.4 Å². The van der Waals surface area contributed by atoms with Gasteiger partial charge in [-0.1, -0.05) is 0 Å². The van der Waals surface area contributed by atoms with Gasteiger partial charge in [0.25, 0.3) is 0 Å². The zero-order valence-corrected chi connectivity index (χ0v) is 13.1.